The average Bonchev–Trinajstić information content (AvgIpc) is 2.53. The maximum Gasteiger partial charge on any atom is 0.120 e. The molecule has 100 valence electrons. The first-order chi connectivity index (χ1) is 9.83. The van der Waals surface area contributed by atoms with Gasteiger partial charge in [0.25, 0.3) is 0 Å². The van der Waals surface area contributed by atoms with Gasteiger partial charge in [-0.05, 0) is 29.2 Å². The van der Waals surface area contributed by atoms with Crippen LogP contribution in [0.25, 0.3) is 6.08 Å². The highest BCUT2D eigenvalue weighted by atomic mass is 15.2. The Morgan fingerprint density at radius 1 is 0.950 bits per heavy atom. The summed E-state index contributed by atoms with van der Waals surface area (Å²) in [5, 5.41) is 8.21. The van der Waals surface area contributed by atoms with E-state index in [1.807, 2.05) is 30.4 Å². The van der Waals surface area contributed by atoms with Crippen LogP contribution in [0, 0.1) is 5.41 Å². The number of rotatable bonds is 2. The molecule has 0 saturated carbocycles. The lowest BCUT2D eigenvalue weighted by atomic mass is 10.00. The molecule has 20 heavy (non-hydrogen) atoms. The van der Waals surface area contributed by atoms with Crippen LogP contribution in [-0.4, -0.2) is 17.3 Å². The molecular formula is C18H18N2. The molecule has 0 bridgehead atoms. The zero-order valence-electron chi connectivity index (χ0n) is 11.4. The van der Waals surface area contributed by atoms with E-state index in [0.29, 0.717) is 5.84 Å². The number of benzene rings is 2. The molecule has 0 aliphatic carbocycles. The molecule has 0 amide bonds. The lowest BCUT2D eigenvalue weighted by Gasteiger charge is -2.29. The van der Waals surface area contributed by atoms with Gasteiger partial charge in [-0.15, -0.1) is 0 Å². The van der Waals surface area contributed by atoms with E-state index in [4.69, 9.17) is 5.41 Å². The van der Waals surface area contributed by atoms with Crippen molar-refractivity contribution in [3.8, 4) is 0 Å². The van der Waals surface area contributed by atoms with Crippen molar-refractivity contribution in [2.75, 3.05) is 6.54 Å². The number of hydrogen-bond donors (Lipinski definition) is 1. The minimum absolute atomic E-state index is 0.586. The highest BCUT2D eigenvalue weighted by Gasteiger charge is 2.16. The van der Waals surface area contributed by atoms with Crippen LogP contribution in [0.5, 0.6) is 0 Å². The van der Waals surface area contributed by atoms with Gasteiger partial charge in [0.15, 0.2) is 0 Å². The van der Waals surface area contributed by atoms with Crippen molar-refractivity contribution in [3.05, 3.63) is 77.4 Å². The molecule has 2 nitrogen and oxygen atoms in total. The summed E-state index contributed by atoms with van der Waals surface area (Å²) in [5.41, 5.74) is 3.90. The average molecular weight is 262 g/mol. The van der Waals surface area contributed by atoms with Crippen LogP contribution in [0.3, 0.4) is 0 Å². The normalized spacial score (nSPS) is 14.3. The molecule has 1 N–H and O–H groups in total. The van der Waals surface area contributed by atoms with Gasteiger partial charge in [-0.1, -0.05) is 60.7 Å². The largest absolute Gasteiger partial charge is 0.352 e. The van der Waals surface area contributed by atoms with Gasteiger partial charge < -0.3 is 4.90 Å². The number of amidine groups is 1. The molecule has 0 radical (unpaired) electrons. The van der Waals surface area contributed by atoms with Crippen molar-refractivity contribution in [2.24, 2.45) is 0 Å². The lowest BCUT2D eigenvalue weighted by molar-refractivity contribution is 0.394. The van der Waals surface area contributed by atoms with Gasteiger partial charge in [0.1, 0.15) is 5.84 Å². The summed E-state index contributed by atoms with van der Waals surface area (Å²) in [6.07, 6.45) is 4.92. The molecule has 2 aromatic rings. The molecule has 0 spiro atoms. The van der Waals surface area contributed by atoms with Gasteiger partial charge >= 0.3 is 0 Å². The van der Waals surface area contributed by atoms with Gasteiger partial charge in [-0.3, -0.25) is 5.41 Å². The Labute approximate surface area is 119 Å². The van der Waals surface area contributed by atoms with E-state index in [-0.39, 0.29) is 0 Å². The number of hydrogen-bond acceptors (Lipinski definition) is 1. The van der Waals surface area contributed by atoms with E-state index in [9.17, 15) is 0 Å². The summed E-state index contributed by atoms with van der Waals surface area (Å²) >= 11 is 0. The summed E-state index contributed by atoms with van der Waals surface area (Å²) in [7, 11) is 0. The van der Waals surface area contributed by atoms with Crippen LogP contribution in [0.1, 0.15) is 16.7 Å². The van der Waals surface area contributed by atoms with E-state index in [1.54, 1.807) is 0 Å². The fourth-order valence-electron chi connectivity index (χ4n) is 2.55. The van der Waals surface area contributed by atoms with E-state index >= 15 is 0 Å². The second kappa shape index (κ2) is 5.74. The smallest absolute Gasteiger partial charge is 0.120 e. The molecule has 1 aliphatic rings. The zero-order chi connectivity index (χ0) is 13.8. The molecular weight excluding hydrogens is 244 g/mol. The van der Waals surface area contributed by atoms with Gasteiger partial charge in [0, 0.05) is 13.1 Å². The molecule has 0 aromatic heterocycles. The van der Waals surface area contributed by atoms with Crippen LogP contribution in [0.15, 0.2) is 60.7 Å². The first kappa shape index (κ1) is 12.7. The highest BCUT2D eigenvalue weighted by Crippen LogP contribution is 2.18. The Bertz CT molecular complexity index is 629. The third kappa shape index (κ3) is 2.80. The molecule has 3 rings (SSSR count). The monoisotopic (exact) mass is 262 g/mol. The van der Waals surface area contributed by atoms with E-state index in [0.717, 1.165) is 25.1 Å². The Morgan fingerprint density at radius 2 is 1.65 bits per heavy atom. The fraction of sp³-hybridized carbons (Fsp3) is 0.167. The minimum atomic E-state index is 0.586. The molecule has 2 heteroatoms. The molecule has 0 saturated heterocycles. The molecule has 0 unspecified atom stereocenters. The van der Waals surface area contributed by atoms with Crippen molar-refractivity contribution >= 4 is 11.9 Å². The second-order valence-electron chi connectivity index (χ2n) is 5.07. The number of fused-ring (bicyclic) bond motifs is 1. The summed E-state index contributed by atoms with van der Waals surface area (Å²) in [5.74, 6) is 0.586. The van der Waals surface area contributed by atoms with Crippen LogP contribution < -0.4 is 0 Å². The van der Waals surface area contributed by atoms with Crippen molar-refractivity contribution in [3.63, 3.8) is 0 Å². The van der Waals surface area contributed by atoms with Gasteiger partial charge in [-0.2, -0.15) is 0 Å². The Hall–Kier alpha value is -2.35. The first-order valence-electron chi connectivity index (χ1n) is 6.96. The predicted octanol–water partition coefficient (Wildman–Crippen LogP) is 3.74. The van der Waals surface area contributed by atoms with Crippen molar-refractivity contribution in [2.45, 2.75) is 13.0 Å². The minimum Gasteiger partial charge on any atom is -0.352 e. The van der Waals surface area contributed by atoms with Gasteiger partial charge in [-0.25, -0.2) is 0 Å². The molecule has 0 fully saturated rings. The topological polar surface area (TPSA) is 27.1 Å². The Balaban J connectivity index is 1.69. The third-order valence-corrected chi connectivity index (χ3v) is 3.70. The van der Waals surface area contributed by atoms with Crippen molar-refractivity contribution < 1.29 is 0 Å². The zero-order valence-corrected chi connectivity index (χ0v) is 11.4. The SMILES string of the molecule is N=C(C=Cc1ccccc1)N1CCc2ccccc2C1. The Morgan fingerprint density at radius 3 is 2.45 bits per heavy atom. The number of nitrogens with one attached hydrogen (secondary N) is 1. The van der Waals surface area contributed by atoms with Gasteiger partial charge in [0.2, 0.25) is 0 Å². The third-order valence-electron chi connectivity index (χ3n) is 3.70. The summed E-state index contributed by atoms with van der Waals surface area (Å²) < 4.78 is 0. The van der Waals surface area contributed by atoms with Crippen LogP contribution in [-0.2, 0) is 13.0 Å². The molecule has 1 heterocycles. The standard InChI is InChI=1S/C18H18N2/c19-18(11-10-15-6-2-1-3-7-15)20-13-12-16-8-4-5-9-17(16)14-20/h1-11,19H,12-14H2. The van der Waals surface area contributed by atoms with E-state index in [2.05, 4.69) is 41.3 Å². The van der Waals surface area contributed by atoms with Gasteiger partial charge in [0.05, 0.1) is 0 Å². The highest BCUT2D eigenvalue weighted by molar-refractivity contribution is 5.94. The maximum absolute atomic E-state index is 8.21. The molecule has 1 aliphatic heterocycles. The fourth-order valence-corrected chi connectivity index (χ4v) is 2.55. The van der Waals surface area contributed by atoms with Crippen molar-refractivity contribution in [1.29, 1.82) is 5.41 Å². The quantitative estimate of drug-likeness (QED) is 0.648. The summed E-state index contributed by atoms with van der Waals surface area (Å²) in [4.78, 5) is 2.13. The van der Waals surface area contributed by atoms with E-state index < -0.39 is 0 Å². The lowest BCUT2D eigenvalue weighted by Crippen LogP contribution is -2.34. The maximum atomic E-state index is 8.21. The van der Waals surface area contributed by atoms with Crippen LogP contribution in [0.4, 0.5) is 0 Å². The summed E-state index contributed by atoms with van der Waals surface area (Å²) in [6, 6.07) is 18.7. The number of nitrogens with zero attached hydrogens (tertiary/aromatic N) is 1. The Kier molecular flexibility index (Phi) is 3.64. The van der Waals surface area contributed by atoms with Crippen molar-refractivity contribution in [1.82, 2.24) is 4.90 Å². The first-order valence-corrected chi connectivity index (χ1v) is 6.96. The summed E-state index contributed by atoms with van der Waals surface area (Å²) in [6.45, 7) is 1.77. The second-order valence-corrected chi connectivity index (χ2v) is 5.07. The predicted molar refractivity (Wildman–Crippen MR) is 83.8 cm³/mol. The molecule has 2 aromatic carbocycles. The molecule has 0 atom stereocenters. The van der Waals surface area contributed by atoms with Crippen LogP contribution >= 0.6 is 0 Å². The van der Waals surface area contributed by atoms with E-state index in [1.165, 1.54) is 11.1 Å². The van der Waals surface area contributed by atoms with Crippen LogP contribution in [0.2, 0.25) is 0 Å².